The zero-order valence-electron chi connectivity index (χ0n) is 23.6. The van der Waals surface area contributed by atoms with Crippen LogP contribution in [0.4, 0.5) is 5.69 Å². The van der Waals surface area contributed by atoms with Crippen LogP contribution in [0.15, 0.2) is 82.1 Å². The molecule has 3 aromatic carbocycles. The monoisotopic (exact) mass is 663 g/mol. The van der Waals surface area contributed by atoms with Gasteiger partial charge in [-0.25, -0.2) is 4.79 Å². The van der Waals surface area contributed by atoms with Crippen LogP contribution in [0, 0.1) is 0 Å². The molecule has 6 rings (SSSR count). The highest BCUT2D eigenvalue weighted by Crippen LogP contribution is 2.29. The highest BCUT2D eigenvalue weighted by Gasteiger charge is 2.33. The summed E-state index contributed by atoms with van der Waals surface area (Å²) in [6, 6.07) is 22.0. The van der Waals surface area contributed by atoms with Crippen LogP contribution < -0.4 is 15.9 Å². The molecule has 0 bridgehead atoms. The van der Waals surface area contributed by atoms with Crippen molar-refractivity contribution >= 4 is 45.0 Å². The van der Waals surface area contributed by atoms with Crippen molar-refractivity contribution in [2.24, 2.45) is 0 Å². The third-order valence-corrected chi connectivity index (χ3v) is 9.30. The number of imidazole rings is 1. The van der Waals surface area contributed by atoms with Gasteiger partial charge in [0.05, 0.1) is 28.5 Å². The summed E-state index contributed by atoms with van der Waals surface area (Å²) in [4.78, 5) is 44.9. The maximum absolute atomic E-state index is 13.8. The van der Waals surface area contributed by atoms with E-state index in [2.05, 4.69) is 26.1 Å². The molecule has 0 aliphatic carbocycles. The van der Waals surface area contributed by atoms with Crippen LogP contribution in [0.25, 0.3) is 5.69 Å². The maximum atomic E-state index is 13.8. The SMILES string of the molecule is C[C@@]1(O)CCN(c2ccc(-n3c(C(=O)NCc4ccccc4)c4n(c3=O)CCN(C(=O)c3ccc(Br)c(Cl)c3)C4)cc2)C1. The number of hydrogen-bond acceptors (Lipinski definition) is 5. The number of fused-ring (bicyclic) bond motifs is 1. The van der Waals surface area contributed by atoms with Gasteiger partial charge in [-0.15, -0.1) is 0 Å². The van der Waals surface area contributed by atoms with Gasteiger partial charge in [0.1, 0.15) is 5.69 Å². The van der Waals surface area contributed by atoms with E-state index in [0.29, 0.717) is 46.0 Å². The Morgan fingerprint density at radius 1 is 1.00 bits per heavy atom. The largest absolute Gasteiger partial charge is 0.388 e. The number of rotatable bonds is 6. The highest BCUT2D eigenvalue weighted by molar-refractivity contribution is 9.10. The van der Waals surface area contributed by atoms with Crippen LogP contribution in [0.1, 0.15) is 45.4 Å². The van der Waals surface area contributed by atoms with Crippen molar-refractivity contribution in [3.8, 4) is 5.69 Å². The molecule has 222 valence electrons. The van der Waals surface area contributed by atoms with Crippen molar-refractivity contribution in [2.45, 2.75) is 38.6 Å². The molecule has 2 N–H and O–H groups in total. The molecule has 0 saturated carbocycles. The van der Waals surface area contributed by atoms with Gasteiger partial charge in [0.25, 0.3) is 11.8 Å². The number of aliphatic hydroxyl groups is 1. The fraction of sp³-hybridized carbons (Fsp3) is 0.281. The van der Waals surface area contributed by atoms with Crippen molar-refractivity contribution in [3.63, 3.8) is 0 Å². The molecule has 2 amide bonds. The van der Waals surface area contributed by atoms with Crippen molar-refractivity contribution < 1.29 is 14.7 Å². The molecule has 9 nitrogen and oxygen atoms in total. The average molecular weight is 665 g/mol. The number of anilines is 1. The molecule has 11 heteroatoms. The lowest BCUT2D eigenvalue weighted by Crippen LogP contribution is -2.41. The second-order valence-corrected chi connectivity index (χ2v) is 12.5. The van der Waals surface area contributed by atoms with Gasteiger partial charge in [-0.1, -0.05) is 41.9 Å². The quantitative estimate of drug-likeness (QED) is 0.314. The fourth-order valence-electron chi connectivity index (χ4n) is 5.76. The van der Waals surface area contributed by atoms with E-state index in [9.17, 15) is 19.5 Å². The molecule has 1 fully saturated rings. The minimum atomic E-state index is -0.744. The summed E-state index contributed by atoms with van der Waals surface area (Å²) in [5.74, 6) is -0.641. The lowest BCUT2D eigenvalue weighted by atomic mass is 10.1. The summed E-state index contributed by atoms with van der Waals surface area (Å²) in [5, 5.41) is 13.8. The summed E-state index contributed by atoms with van der Waals surface area (Å²) in [6.07, 6.45) is 0.674. The molecule has 0 unspecified atom stereocenters. The third-order valence-electron chi connectivity index (χ3n) is 8.07. The van der Waals surface area contributed by atoms with E-state index < -0.39 is 11.5 Å². The van der Waals surface area contributed by atoms with E-state index in [0.717, 1.165) is 17.8 Å². The maximum Gasteiger partial charge on any atom is 0.333 e. The van der Waals surface area contributed by atoms with Crippen LogP contribution in [0.2, 0.25) is 5.02 Å². The predicted octanol–water partition coefficient (Wildman–Crippen LogP) is 4.60. The summed E-state index contributed by atoms with van der Waals surface area (Å²) >= 11 is 9.61. The molecule has 2 aliphatic rings. The van der Waals surface area contributed by atoms with E-state index in [4.69, 9.17) is 11.6 Å². The van der Waals surface area contributed by atoms with Crippen molar-refractivity contribution in [2.75, 3.05) is 24.5 Å². The number of nitrogens with zero attached hydrogens (tertiary/aromatic N) is 4. The van der Waals surface area contributed by atoms with Gasteiger partial charge in [0, 0.05) is 48.4 Å². The first-order chi connectivity index (χ1) is 20.6. The Bertz CT molecular complexity index is 1750. The first-order valence-electron chi connectivity index (χ1n) is 14.1. The molecule has 0 radical (unpaired) electrons. The Morgan fingerprint density at radius 3 is 2.40 bits per heavy atom. The number of aromatic nitrogens is 2. The van der Waals surface area contributed by atoms with Crippen LogP contribution in [0.3, 0.4) is 0 Å². The van der Waals surface area contributed by atoms with E-state index in [-0.39, 0.29) is 36.9 Å². The summed E-state index contributed by atoms with van der Waals surface area (Å²) < 4.78 is 3.71. The Kier molecular flexibility index (Phi) is 7.93. The molecule has 1 saturated heterocycles. The van der Waals surface area contributed by atoms with Gasteiger partial charge in [0.2, 0.25) is 0 Å². The van der Waals surface area contributed by atoms with Crippen molar-refractivity contribution in [1.29, 1.82) is 0 Å². The molecular formula is C32H31BrClN5O4. The Labute approximate surface area is 262 Å². The molecule has 2 aliphatic heterocycles. The second kappa shape index (κ2) is 11.7. The molecule has 1 atom stereocenters. The predicted molar refractivity (Wildman–Crippen MR) is 169 cm³/mol. The number of hydrogen-bond donors (Lipinski definition) is 2. The number of benzene rings is 3. The Balaban J connectivity index is 1.36. The molecule has 43 heavy (non-hydrogen) atoms. The zero-order chi connectivity index (χ0) is 30.3. The van der Waals surface area contributed by atoms with Gasteiger partial charge in [-0.05, 0) is 77.3 Å². The van der Waals surface area contributed by atoms with E-state index in [1.165, 1.54) is 4.57 Å². The van der Waals surface area contributed by atoms with Gasteiger partial charge < -0.3 is 20.2 Å². The number of carbonyl (C=O) groups is 2. The van der Waals surface area contributed by atoms with Crippen molar-refractivity contribution in [3.05, 3.63) is 115 Å². The topological polar surface area (TPSA) is 99.8 Å². The minimum absolute atomic E-state index is 0.0871. The van der Waals surface area contributed by atoms with E-state index >= 15 is 0 Å². The zero-order valence-corrected chi connectivity index (χ0v) is 25.9. The number of nitrogens with one attached hydrogen (secondary N) is 1. The number of amides is 2. The van der Waals surface area contributed by atoms with Crippen LogP contribution in [0.5, 0.6) is 0 Å². The first kappa shape index (κ1) is 29.2. The number of halogens is 2. The lowest BCUT2D eigenvalue weighted by molar-refractivity contribution is 0.0706. The van der Waals surface area contributed by atoms with Gasteiger partial charge in [-0.2, -0.15) is 0 Å². The van der Waals surface area contributed by atoms with Gasteiger partial charge in [-0.3, -0.25) is 18.7 Å². The van der Waals surface area contributed by atoms with Crippen LogP contribution >= 0.6 is 27.5 Å². The molecule has 3 heterocycles. The normalized spacial score (nSPS) is 18.0. The molecule has 1 aromatic heterocycles. The van der Waals surface area contributed by atoms with Crippen molar-refractivity contribution in [1.82, 2.24) is 19.4 Å². The fourth-order valence-corrected chi connectivity index (χ4v) is 6.18. The van der Waals surface area contributed by atoms with Crippen LogP contribution in [-0.2, 0) is 19.6 Å². The van der Waals surface area contributed by atoms with Gasteiger partial charge >= 0.3 is 5.69 Å². The number of carbonyl (C=O) groups excluding carboxylic acids is 2. The van der Waals surface area contributed by atoms with Gasteiger partial charge in [0.15, 0.2) is 0 Å². The summed E-state index contributed by atoms with van der Waals surface area (Å²) in [7, 11) is 0. The standard InChI is InChI=1S/C32H31BrClN5O4/c1-32(43)13-14-37(20-32)23-8-10-24(11-9-23)39-28(29(40)35-18-21-5-3-2-4-6-21)27-19-36(15-16-38(27)31(39)42)30(41)22-7-12-25(33)26(34)17-22/h2-12,17,43H,13-16,18-20H2,1H3,(H,35,40)/t32-/m1/s1. The van der Waals surface area contributed by atoms with E-state index in [1.54, 1.807) is 27.7 Å². The molecule has 0 spiro atoms. The number of β-amino-alcohol motifs (C(OH)–C–C–N with tert-alkyl or cyclic N) is 1. The lowest BCUT2D eigenvalue weighted by Gasteiger charge is -2.28. The molecular weight excluding hydrogens is 634 g/mol. The third kappa shape index (κ3) is 5.87. The van der Waals surface area contributed by atoms with Crippen LogP contribution in [-0.4, -0.2) is 56.2 Å². The highest BCUT2D eigenvalue weighted by atomic mass is 79.9. The summed E-state index contributed by atoms with van der Waals surface area (Å²) in [6.45, 7) is 4.00. The Morgan fingerprint density at radius 2 is 1.72 bits per heavy atom. The second-order valence-electron chi connectivity index (χ2n) is 11.3. The smallest absolute Gasteiger partial charge is 0.333 e. The first-order valence-corrected chi connectivity index (χ1v) is 15.3. The Hall–Kier alpha value is -3.86. The summed E-state index contributed by atoms with van der Waals surface area (Å²) in [5.41, 5.74) is 2.41. The minimum Gasteiger partial charge on any atom is -0.388 e. The average Bonchev–Trinajstić information content (AvgIpc) is 3.53. The van der Waals surface area contributed by atoms with E-state index in [1.807, 2.05) is 61.5 Å². The molecule has 4 aromatic rings.